The molecule has 4 rings (SSSR count). The Hall–Kier alpha value is -2.67. The van der Waals surface area contributed by atoms with Crippen molar-refractivity contribution in [2.75, 3.05) is 20.2 Å². The van der Waals surface area contributed by atoms with Crippen molar-refractivity contribution in [1.29, 1.82) is 0 Å². The number of carbonyl (C=O) groups excluding carboxylic acids is 1. The quantitative estimate of drug-likeness (QED) is 0.699. The van der Waals surface area contributed by atoms with Crippen molar-refractivity contribution in [2.45, 2.75) is 18.8 Å². The Balaban J connectivity index is 1.49. The van der Waals surface area contributed by atoms with Crippen molar-refractivity contribution >= 4 is 17.2 Å². The maximum atomic E-state index is 12.8. The van der Waals surface area contributed by atoms with Crippen LogP contribution < -0.4 is 4.74 Å². The number of hydrogen-bond acceptors (Lipinski definition) is 6. The van der Waals surface area contributed by atoms with Crippen LogP contribution in [0.3, 0.4) is 0 Å². The molecule has 0 saturated carbocycles. The number of piperidine rings is 1. The lowest BCUT2D eigenvalue weighted by Crippen LogP contribution is -2.39. The molecule has 3 aromatic rings. The molecule has 0 radical (unpaired) electrons. The van der Waals surface area contributed by atoms with Crippen LogP contribution in [0.1, 0.15) is 35.0 Å². The van der Waals surface area contributed by atoms with Gasteiger partial charge >= 0.3 is 0 Å². The minimum absolute atomic E-state index is 0.00611. The van der Waals surface area contributed by atoms with Crippen LogP contribution >= 0.6 is 11.3 Å². The smallest absolute Gasteiger partial charge is 0.257 e. The first-order chi connectivity index (χ1) is 12.7. The van der Waals surface area contributed by atoms with Crippen LogP contribution in [0.15, 0.2) is 46.2 Å². The Morgan fingerprint density at radius 3 is 3.04 bits per heavy atom. The van der Waals surface area contributed by atoms with Gasteiger partial charge in [0.1, 0.15) is 5.75 Å². The SMILES string of the molecule is COc1cccc(C(=O)N2CCC[C@H](c3nnc(-c4cccs4)o3)C2)c1. The molecule has 134 valence electrons. The average molecular weight is 369 g/mol. The lowest BCUT2D eigenvalue weighted by Gasteiger charge is -2.31. The van der Waals surface area contributed by atoms with Gasteiger partial charge in [-0.15, -0.1) is 21.5 Å². The van der Waals surface area contributed by atoms with Gasteiger partial charge in [0.15, 0.2) is 0 Å². The van der Waals surface area contributed by atoms with Crippen molar-refractivity contribution in [3.8, 4) is 16.5 Å². The Kier molecular flexibility index (Phi) is 4.71. The zero-order valence-electron chi connectivity index (χ0n) is 14.4. The molecular formula is C19H19N3O3S. The van der Waals surface area contributed by atoms with Crippen LogP contribution in [0, 0.1) is 0 Å². The van der Waals surface area contributed by atoms with Crippen LogP contribution in [-0.2, 0) is 0 Å². The minimum Gasteiger partial charge on any atom is -0.497 e. The van der Waals surface area contributed by atoms with Crippen molar-refractivity contribution in [1.82, 2.24) is 15.1 Å². The standard InChI is InChI=1S/C19H19N3O3S/c1-24-15-7-2-5-13(11-15)19(23)22-9-3-6-14(12-22)17-20-21-18(25-17)16-8-4-10-26-16/h2,4-5,7-8,10-11,14H,3,6,9,12H2,1H3/t14-/m0/s1. The molecule has 2 aromatic heterocycles. The van der Waals surface area contributed by atoms with E-state index in [4.69, 9.17) is 9.15 Å². The van der Waals surface area contributed by atoms with Crippen molar-refractivity contribution in [3.05, 3.63) is 53.2 Å². The maximum Gasteiger partial charge on any atom is 0.257 e. The Morgan fingerprint density at radius 2 is 2.23 bits per heavy atom. The number of likely N-dealkylation sites (tertiary alicyclic amines) is 1. The maximum absolute atomic E-state index is 12.8. The summed E-state index contributed by atoms with van der Waals surface area (Å²) in [5.74, 6) is 1.91. The predicted octanol–water partition coefficient (Wildman–Crippen LogP) is 3.83. The van der Waals surface area contributed by atoms with Gasteiger partial charge < -0.3 is 14.1 Å². The molecule has 26 heavy (non-hydrogen) atoms. The van der Waals surface area contributed by atoms with Gasteiger partial charge in [-0.2, -0.15) is 0 Å². The second kappa shape index (κ2) is 7.29. The Bertz CT molecular complexity index is 891. The highest BCUT2D eigenvalue weighted by atomic mass is 32.1. The number of aromatic nitrogens is 2. The molecule has 1 aliphatic rings. The number of benzene rings is 1. The largest absolute Gasteiger partial charge is 0.497 e. The number of methoxy groups -OCH3 is 1. The monoisotopic (exact) mass is 369 g/mol. The normalized spacial score (nSPS) is 17.3. The fourth-order valence-electron chi connectivity index (χ4n) is 3.20. The summed E-state index contributed by atoms with van der Waals surface area (Å²) in [5, 5.41) is 10.4. The van der Waals surface area contributed by atoms with Gasteiger partial charge in [0, 0.05) is 18.7 Å². The lowest BCUT2D eigenvalue weighted by atomic mass is 9.97. The van der Waals surface area contributed by atoms with E-state index >= 15 is 0 Å². The summed E-state index contributed by atoms with van der Waals surface area (Å²) in [6.45, 7) is 1.32. The van der Waals surface area contributed by atoms with E-state index in [0.717, 1.165) is 24.3 Å². The summed E-state index contributed by atoms with van der Waals surface area (Å²) in [5.41, 5.74) is 0.634. The molecule has 1 atom stereocenters. The van der Waals surface area contributed by atoms with Crippen molar-refractivity contribution in [3.63, 3.8) is 0 Å². The van der Waals surface area contributed by atoms with Crippen LogP contribution in [0.5, 0.6) is 5.75 Å². The number of rotatable bonds is 4. The highest BCUT2D eigenvalue weighted by molar-refractivity contribution is 7.13. The van der Waals surface area contributed by atoms with Gasteiger partial charge in [-0.25, -0.2) is 0 Å². The van der Waals surface area contributed by atoms with E-state index in [-0.39, 0.29) is 11.8 Å². The molecular weight excluding hydrogens is 350 g/mol. The van der Waals surface area contributed by atoms with Gasteiger partial charge in [-0.3, -0.25) is 4.79 Å². The zero-order chi connectivity index (χ0) is 17.9. The number of nitrogens with zero attached hydrogens (tertiary/aromatic N) is 3. The molecule has 0 spiro atoms. The molecule has 6 nitrogen and oxygen atoms in total. The number of hydrogen-bond donors (Lipinski definition) is 0. The second-order valence-electron chi connectivity index (χ2n) is 6.25. The highest BCUT2D eigenvalue weighted by Gasteiger charge is 2.29. The van der Waals surface area contributed by atoms with E-state index in [9.17, 15) is 4.79 Å². The highest BCUT2D eigenvalue weighted by Crippen LogP contribution is 2.30. The van der Waals surface area contributed by atoms with Gasteiger partial charge in [0.05, 0.1) is 17.9 Å². The molecule has 3 heterocycles. The second-order valence-corrected chi connectivity index (χ2v) is 7.19. The predicted molar refractivity (Wildman–Crippen MR) is 98.5 cm³/mol. The van der Waals surface area contributed by atoms with Crippen LogP contribution in [-0.4, -0.2) is 41.2 Å². The van der Waals surface area contributed by atoms with Crippen molar-refractivity contribution in [2.24, 2.45) is 0 Å². The summed E-state index contributed by atoms with van der Waals surface area (Å²) in [7, 11) is 1.60. The summed E-state index contributed by atoms with van der Waals surface area (Å²) >= 11 is 1.57. The third-order valence-electron chi connectivity index (χ3n) is 4.55. The van der Waals surface area contributed by atoms with Gasteiger partial charge in [-0.1, -0.05) is 12.1 Å². The minimum atomic E-state index is 0.00611. The molecule has 1 fully saturated rings. The summed E-state index contributed by atoms with van der Waals surface area (Å²) in [4.78, 5) is 15.7. The van der Waals surface area contributed by atoms with Crippen molar-refractivity contribution < 1.29 is 13.9 Å². The summed E-state index contributed by atoms with van der Waals surface area (Å²) < 4.78 is 11.1. The summed E-state index contributed by atoms with van der Waals surface area (Å²) in [6, 6.07) is 11.2. The topological polar surface area (TPSA) is 68.5 Å². The van der Waals surface area contributed by atoms with E-state index in [1.807, 2.05) is 40.6 Å². The lowest BCUT2D eigenvalue weighted by molar-refractivity contribution is 0.0698. The first-order valence-corrected chi connectivity index (χ1v) is 9.43. The third kappa shape index (κ3) is 3.35. The number of carbonyl (C=O) groups is 1. The molecule has 1 amide bonds. The average Bonchev–Trinajstić information content (AvgIpc) is 3.39. The van der Waals surface area contributed by atoms with Gasteiger partial charge in [-0.05, 0) is 42.5 Å². The van der Waals surface area contributed by atoms with Gasteiger partial charge in [0.2, 0.25) is 5.89 Å². The van der Waals surface area contributed by atoms with E-state index in [2.05, 4.69) is 10.2 Å². The molecule has 1 aromatic carbocycles. The Labute approximate surface area is 155 Å². The van der Waals surface area contributed by atoms with Crippen LogP contribution in [0.2, 0.25) is 0 Å². The fourth-order valence-corrected chi connectivity index (χ4v) is 3.85. The van der Waals surface area contributed by atoms with E-state index in [1.54, 1.807) is 24.5 Å². The molecule has 1 aliphatic heterocycles. The van der Waals surface area contributed by atoms with Crippen LogP contribution in [0.4, 0.5) is 0 Å². The molecule has 1 saturated heterocycles. The number of thiophene rings is 1. The summed E-state index contributed by atoms with van der Waals surface area (Å²) in [6.07, 6.45) is 1.85. The molecule has 0 bridgehead atoms. The number of amides is 1. The Morgan fingerprint density at radius 1 is 1.31 bits per heavy atom. The molecule has 0 N–H and O–H groups in total. The van der Waals surface area contributed by atoms with E-state index in [0.29, 0.717) is 29.6 Å². The van der Waals surface area contributed by atoms with Gasteiger partial charge in [0.25, 0.3) is 11.8 Å². The fraction of sp³-hybridized carbons (Fsp3) is 0.316. The van der Waals surface area contributed by atoms with E-state index in [1.165, 1.54) is 0 Å². The number of ether oxygens (including phenoxy) is 1. The molecule has 0 unspecified atom stereocenters. The van der Waals surface area contributed by atoms with E-state index < -0.39 is 0 Å². The molecule has 7 heteroatoms. The third-order valence-corrected chi connectivity index (χ3v) is 5.40. The first-order valence-electron chi connectivity index (χ1n) is 8.55. The molecule has 0 aliphatic carbocycles. The van der Waals surface area contributed by atoms with Crippen LogP contribution in [0.25, 0.3) is 10.8 Å². The zero-order valence-corrected chi connectivity index (χ0v) is 15.2. The first kappa shape index (κ1) is 16.8.